The number of aromatic nitrogens is 2. The highest BCUT2D eigenvalue weighted by Crippen LogP contribution is 2.24. The van der Waals surface area contributed by atoms with Crippen LogP contribution in [0.25, 0.3) is 22.4 Å². The van der Waals surface area contributed by atoms with Crippen LogP contribution < -0.4 is 10.9 Å². The Bertz CT molecular complexity index is 824. The number of imidazole rings is 1. The SMILES string of the molecule is CCCNNC(=O)c1c(C)ccc2[nH]c(-c3ccccc3)nc12. The van der Waals surface area contributed by atoms with E-state index in [4.69, 9.17) is 0 Å². The number of hydrazine groups is 1. The summed E-state index contributed by atoms with van der Waals surface area (Å²) in [6.07, 6.45) is 0.948. The zero-order valence-electron chi connectivity index (χ0n) is 13.3. The molecule has 0 unspecified atom stereocenters. The Kier molecular flexibility index (Phi) is 4.39. The van der Waals surface area contributed by atoms with E-state index in [9.17, 15) is 4.79 Å². The molecule has 0 bridgehead atoms. The van der Waals surface area contributed by atoms with Gasteiger partial charge in [0.1, 0.15) is 11.3 Å². The highest BCUT2D eigenvalue weighted by atomic mass is 16.2. The van der Waals surface area contributed by atoms with Crippen molar-refractivity contribution < 1.29 is 4.79 Å². The van der Waals surface area contributed by atoms with E-state index in [1.807, 2.05) is 56.3 Å². The maximum atomic E-state index is 12.5. The van der Waals surface area contributed by atoms with Gasteiger partial charge in [-0.1, -0.05) is 43.3 Å². The lowest BCUT2D eigenvalue weighted by Gasteiger charge is -2.08. The van der Waals surface area contributed by atoms with Crippen molar-refractivity contribution in [3.63, 3.8) is 0 Å². The van der Waals surface area contributed by atoms with Crippen LogP contribution >= 0.6 is 0 Å². The average molecular weight is 308 g/mol. The third kappa shape index (κ3) is 3.10. The highest BCUT2D eigenvalue weighted by molar-refractivity contribution is 6.06. The molecule has 3 N–H and O–H groups in total. The lowest BCUT2D eigenvalue weighted by atomic mass is 10.1. The van der Waals surface area contributed by atoms with Crippen LogP contribution in [-0.2, 0) is 0 Å². The minimum absolute atomic E-state index is 0.160. The Hall–Kier alpha value is -2.66. The Morgan fingerprint density at radius 1 is 1.17 bits per heavy atom. The van der Waals surface area contributed by atoms with E-state index in [0.29, 0.717) is 11.1 Å². The molecule has 3 rings (SSSR count). The molecule has 3 aromatic rings. The van der Waals surface area contributed by atoms with Gasteiger partial charge in [-0.15, -0.1) is 0 Å². The van der Waals surface area contributed by atoms with Gasteiger partial charge in [0.25, 0.3) is 5.91 Å². The van der Waals surface area contributed by atoms with E-state index >= 15 is 0 Å². The number of benzene rings is 2. The van der Waals surface area contributed by atoms with Crippen LogP contribution in [0.2, 0.25) is 0 Å². The standard InChI is InChI=1S/C18H20N4O/c1-3-11-19-22-18(23)15-12(2)9-10-14-16(15)21-17(20-14)13-7-5-4-6-8-13/h4-10,19H,3,11H2,1-2H3,(H,20,21)(H,22,23). The van der Waals surface area contributed by atoms with Crippen molar-refractivity contribution in [3.8, 4) is 11.4 Å². The number of hydrogen-bond donors (Lipinski definition) is 3. The molecule has 0 fully saturated rings. The molecule has 0 aliphatic heterocycles. The molecule has 0 saturated heterocycles. The molecule has 2 aromatic carbocycles. The van der Waals surface area contributed by atoms with Crippen molar-refractivity contribution >= 4 is 16.9 Å². The van der Waals surface area contributed by atoms with E-state index in [0.717, 1.165) is 35.4 Å². The normalized spacial score (nSPS) is 10.9. The predicted octanol–water partition coefficient (Wildman–Crippen LogP) is 3.18. The predicted molar refractivity (Wildman–Crippen MR) is 92.0 cm³/mol. The fraction of sp³-hybridized carbons (Fsp3) is 0.222. The largest absolute Gasteiger partial charge is 0.338 e. The van der Waals surface area contributed by atoms with Gasteiger partial charge in [-0.3, -0.25) is 10.2 Å². The Balaban J connectivity index is 2.02. The van der Waals surface area contributed by atoms with Crippen molar-refractivity contribution in [2.24, 2.45) is 0 Å². The van der Waals surface area contributed by atoms with Gasteiger partial charge in [-0.05, 0) is 25.0 Å². The summed E-state index contributed by atoms with van der Waals surface area (Å²) in [5.41, 5.74) is 9.72. The van der Waals surface area contributed by atoms with E-state index in [1.54, 1.807) is 0 Å². The quantitative estimate of drug-likeness (QED) is 0.501. The van der Waals surface area contributed by atoms with Gasteiger partial charge in [0.05, 0.1) is 11.1 Å². The minimum atomic E-state index is -0.160. The molecule has 1 aromatic heterocycles. The molecule has 0 saturated carbocycles. The molecular weight excluding hydrogens is 288 g/mol. The van der Waals surface area contributed by atoms with Gasteiger partial charge < -0.3 is 4.98 Å². The van der Waals surface area contributed by atoms with Gasteiger partial charge >= 0.3 is 0 Å². The molecule has 0 aliphatic rings. The second kappa shape index (κ2) is 6.62. The van der Waals surface area contributed by atoms with Crippen LogP contribution in [0.1, 0.15) is 29.3 Å². The molecule has 0 radical (unpaired) electrons. The average Bonchev–Trinajstić information content (AvgIpc) is 2.99. The number of carbonyl (C=O) groups excluding carboxylic acids is 1. The Labute approximate surface area is 135 Å². The summed E-state index contributed by atoms with van der Waals surface area (Å²) in [6.45, 7) is 4.70. The zero-order valence-corrected chi connectivity index (χ0v) is 13.3. The Morgan fingerprint density at radius 2 is 1.96 bits per heavy atom. The van der Waals surface area contributed by atoms with Crippen LogP contribution in [-0.4, -0.2) is 22.4 Å². The molecule has 118 valence electrons. The first-order valence-corrected chi connectivity index (χ1v) is 7.78. The summed E-state index contributed by atoms with van der Waals surface area (Å²) in [4.78, 5) is 20.4. The summed E-state index contributed by atoms with van der Waals surface area (Å²) in [6, 6.07) is 13.8. The molecular formula is C18H20N4O. The van der Waals surface area contributed by atoms with Crippen molar-refractivity contribution in [1.82, 2.24) is 20.8 Å². The number of rotatable bonds is 5. The number of nitrogens with zero attached hydrogens (tertiary/aromatic N) is 1. The summed E-state index contributed by atoms with van der Waals surface area (Å²) >= 11 is 0. The van der Waals surface area contributed by atoms with Gasteiger partial charge in [0.2, 0.25) is 0 Å². The molecule has 0 atom stereocenters. The van der Waals surface area contributed by atoms with Crippen LogP contribution in [0.15, 0.2) is 42.5 Å². The first-order chi connectivity index (χ1) is 11.2. The summed E-state index contributed by atoms with van der Waals surface area (Å²) < 4.78 is 0. The summed E-state index contributed by atoms with van der Waals surface area (Å²) in [5, 5.41) is 0. The second-order valence-electron chi connectivity index (χ2n) is 5.49. The summed E-state index contributed by atoms with van der Waals surface area (Å²) in [7, 11) is 0. The minimum Gasteiger partial charge on any atom is -0.338 e. The van der Waals surface area contributed by atoms with E-state index < -0.39 is 0 Å². The summed E-state index contributed by atoms with van der Waals surface area (Å²) in [5.74, 6) is 0.606. The molecule has 5 heteroatoms. The smallest absolute Gasteiger partial charge is 0.267 e. The Morgan fingerprint density at radius 3 is 2.70 bits per heavy atom. The molecule has 23 heavy (non-hydrogen) atoms. The van der Waals surface area contributed by atoms with Crippen LogP contribution in [0.3, 0.4) is 0 Å². The number of amides is 1. The van der Waals surface area contributed by atoms with Crippen molar-refractivity contribution in [3.05, 3.63) is 53.6 Å². The second-order valence-corrected chi connectivity index (χ2v) is 5.49. The van der Waals surface area contributed by atoms with E-state index in [1.165, 1.54) is 0 Å². The van der Waals surface area contributed by atoms with Crippen molar-refractivity contribution in [2.45, 2.75) is 20.3 Å². The lowest BCUT2D eigenvalue weighted by Crippen LogP contribution is -2.38. The number of nitrogens with one attached hydrogen (secondary N) is 3. The van der Waals surface area contributed by atoms with Gasteiger partial charge in [0.15, 0.2) is 0 Å². The molecule has 1 heterocycles. The fourth-order valence-corrected chi connectivity index (χ4v) is 2.53. The number of aromatic amines is 1. The first-order valence-electron chi connectivity index (χ1n) is 7.78. The van der Waals surface area contributed by atoms with Crippen LogP contribution in [0, 0.1) is 6.92 Å². The lowest BCUT2D eigenvalue weighted by molar-refractivity contribution is 0.0934. The van der Waals surface area contributed by atoms with Crippen molar-refractivity contribution in [2.75, 3.05) is 6.54 Å². The number of carbonyl (C=O) groups is 1. The molecule has 5 nitrogen and oxygen atoms in total. The molecule has 1 amide bonds. The van der Waals surface area contributed by atoms with Crippen molar-refractivity contribution in [1.29, 1.82) is 0 Å². The number of H-pyrrole nitrogens is 1. The topological polar surface area (TPSA) is 69.8 Å². The van der Waals surface area contributed by atoms with E-state index in [2.05, 4.69) is 20.8 Å². The maximum Gasteiger partial charge on any atom is 0.267 e. The van der Waals surface area contributed by atoms with E-state index in [-0.39, 0.29) is 5.91 Å². The zero-order chi connectivity index (χ0) is 16.2. The number of hydrogen-bond acceptors (Lipinski definition) is 3. The third-order valence-corrected chi connectivity index (χ3v) is 3.71. The number of fused-ring (bicyclic) bond motifs is 1. The highest BCUT2D eigenvalue weighted by Gasteiger charge is 2.17. The fourth-order valence-electron chi connectivity index (χ4n) is 2.53. The van der Waals surface area contributed by atoms with Crippen LogP contribution in [0.5, 0.6) is 0 Å². The third-order valence-electron chi connectivity index (χ3n) is 3.71. The maximum absolute atomic E-state index is 12.5. The monoisotopic (exact) mass is 308 g/mol. The molecule has 0 aliphatic carbocycles. The molecule has 0 spiro atoms. The van der Waals surface area contributed by atoms with Gasteiger partial charge in [-0.2, -0.15) is 0 Å². The first kappa shape index (κ1) is 15.2. The number of aryl methyl sites for hydroxylation is 1. The van der Waals surface area contributed by atoms with Crippen LogP contribution in [0.4, 0.5) is 0 Å². The van der Waals surface area contributed by atoms with Gasteiger partial charge in [0, 0.05) is 12.1 Å². The van der Waals surface area contributed by atoms with Gasteiger partial charge in [-0.25, -0.2) is 10.4 Å².